The number of carbonyl (C=O) groups excluding carboxylic acids is 1. The number of nitrogens with one attached hydrogen (secondary N) is 2. The van der Waals surface area contributed by atoms with Gasteiger partial charge in [0.1, 0.15) is 0 Å². The van der Waals surface area contributed by atoms with Crippen LogP contribution in [0.25, 0.3) is 0 Å². The molecule has 0 aromatic heterocycles. The van der Waals surface area contributed by atoms with Crippen molar-refractivity contribution in [3.63, 3.8) is 0 Å². The number of morpholine rings is 1. The fourth-order valence-electron chi connectivity index (χ4n) is 3.80. The molecule has 7 nitrogen and oxygen atoms in total. The minimum atomic E-state index is -3.49. The Hall–Kier alpha value is -0.900. The van der Waals surface area contributed by atoms with Gasteiger partial charge in [0.05, 0.1) is 13.2 Å². The minimum absolute atomic E-state index is 0. The molecule has 166 valence electrons. The Morgan fingerprint density at radius 1 is 1.17 bits per heavy atom. The molecule has 3 rings (SSSR count). The summed E-state index contributed by atoms with van der Waals surface area (Å²) < 4.78 is 28.7. The van der Waals surface area contributed by atoms with Gasteiger partial charge >= 0.3 is 0 Å². The second-order valence-electron chi connectivity index (χ2n) is 7.41. The molecule has 0 unspecified atom stereocenters. The Kier molecular flexibility index (Phi) is 10.3. The largest absolute Gasteiger partial charge is 0.379 e. The van der Waals surface area contributed by atoms with E-state index in [1.807, 2.05) is 12.1 Å². The van der Waals surface area contributed by atoms with Crippen LogP contribution in [0.2, 0.25) is 0 Å². The van der Waals surface area contributed by atoms with Crippen molar-refractivity contribution in [1.82, 2.24) is 15.5 Å². The minimum Gasteiger partial charge on any atom is -0.379 e. The molecule has 2 aliphatic heterocycles. The van der Waals surface area contributed by atoms with Crippen LogP contribution in [-0.4, -0.2) is 69.6 Å². The Bertz CT molecular complexity index is 764. The monoisotopic (exact) mass is 467 g/mol. The third-order valence-corrected chi connectivity index (χ3v) is 7.50. The molecule has 0 radical (unpaired) electrons. The first-order valence-electron chi connectivity index (χ1n) is 9.47. The molecule has 2 saturated heterocycles. The molecule has 0 saturated carbocycles. The highest BCUT2D eigenvalue weighted by molar-refractivity contribution is 7.92. The van der Waals surface area contributed by atoms with Crippen molar-refractivity contribution in [2.24, 2.45) is 0 Å². The van der Waals surface area contributed by atoms with Gasteiger partial charge in [0, 0.05) is 32.4 Å². The number of nitrogens with zero attached hydrogens (tertiary/aromatic N) is 1. The van der Waals surface area contributed by atoms with E-state index in [-0.39, 0.29) is 30.7 Å². The number of benzene rings is 1. The summed E-state index contributed by atoms with van der Waals surface area (Å²) in [5.74, 6) is -0.384. The summed E-state index contributed by atoms with van der Waals surface area (Å²) in [7, 11) is -3.49. The van der Waals surface area contributed by atoms with Gasteiger partial charge in [-0.3, -0.25) is 9.69 Å². The lowest BCUT2D eigenvalue weighted by molar-refractivity contribution is -0.124. The van der Waals surface area contributed by atoms with Gasteiger partial charge in [-0.2, -0.15) is 0 Å². The maximum Gasteiger partial charge on any atom is 0.241 e. The van der Waals surface area contributed by atoms with E-state index >= 15 is 0 Å². The lowest BCUT2D eigenvalue weighted by atomic mass is 9.95. The van der Waals surface area contributed by atoms with E-state index in [1.54, 1.807) is 0 Å². The van der Waals surface area contributed by atoms with Crippen LogP contribution in [0.15, 0.2) is 24.3 Å². The maximum atomic E-state index is 12.8. The van der Waals surface area contributed by atoms with Gasteiger partial charge in [-0.1, -0.05) is 24.3 Å². The molecular formula is C19H31Cl2N3O4S. The van der Waals surface area contributed by atoms with E-state index in [9.17, 15) is 13.2 Å². The van der Waals surface area contributed by atoms with Crippen LogP contribution in [0.1, 0.15) is 24.0 Å². The standard InChI is InChI=1S/C19H29N3O4S.2ClH/c1-27(24,25)19(5-7-20-8-6-19)18(23)21-14-16-3-2-4-17(13-16)15-22-9-11-26-12-10-22;;/h2-4,13,20H,5-12,14-15H2,1H3,(H,21,23);2*1H. The molecule has 2 heterocycles. The zero-order valence-electron chi connectivity index (χ0n) is 16.7. The average molecular weight is 468 g/mol. The maximum absolute atomic E-state index is 12.8. The van der Waals surface area contributed by atoms with Crippen molar-refractivity contribution >= 4 is 40.6 Å². The summed E-state index contributed by atoms with van der Waals surface area (Å²) in [5, 5.41) is 6.00. The van der Waals surface area contributed by atoms with Gasteiger partial charge in [-0.15, -0.1) is 24.8 Å². The number of hydrogen-bond donors (Lipinski definition) is 2. The van der Waals surface area contributed by atoms with Crippen molar-refractivity contribution in [3.8, 4) is 0 Å². The number of halogens is 2. The summed E-state index contributed by atoms with van der Waals surface area (Å²) in [4.78, 5) is 15.1. The quantitative estimate of drug-likeness (QED) is 0.652. The average Bonchev–Trinajstić information content (AvgIpc) is 2.67. The van der Waals surface area contributed by atoms with Crippen LogP contribution in [-0.2, 0) is 32.5 Å². The zero-order valence-corrected chi connectivity index (χ0v) is 19.1. The van der Waals surface area contributed by atoms with Crippen molar-refractivity contribution in [2.75, 3.05) is 45.6 Å². The zero-order chi connectivity index (χ0) is 19.3. The molecule has 2 aliphatic rings. The Balaban J connectivity index is 0.00000210. The van der Waals surface area contributed by atoms with Crippen molar-refractivity contribution in [1.29, 1.82) is 0 Å². The normalized spacial score (nSPS) is 19.5. The molecule has 29 heavy (non-hydrogen) atoms. The van der Waals surface area contributed by atoms with Crippen LogP contribution in [0.3, 0.4) is 0 Å². The number of piperidine rings is 1. The number of ether oxygens (including phenoxy) is 1. The highest BCUT2D eigenvalue weighted by Crippen LogP contribution is 2.28. The Morgan fingerprint density at radius 2 is 1.79 bits per heavy atom. The molecule has 1 aromatic rings. The van der Waals surface area contributed by atoms with Crippen molar-refractivity contribution < 1.29 is 17.9 Å². The molecule has 0 bridgehead atoms. The van der Waals surface area contributed by atoms with E-state index in [0.717, 1.165) is 38.4 Å². The topological polar surface area (TPSA) is 87.7 Å². The van der Waals surface area contributed by atoms with Gasteiger partial charge in [0.25, 0.3) is 0 Å². The highest BCUT2D eigenvalue weighted by Gasteiger charge is 2.48. The summed E-state index contributed by atoms with van der Waals surface area (Å²) in [6.07, 6.45) is 1.80. The van der Waals surface area contributed by atoms with E-state index in [4.69, 9.17) is 4.74 Å². The van der Waals surface area contributed by atoms with E-state index in [1.165, 1.54) is 11.8 Å². The third-order valence-electron chi connectivity index (χ3n) is 5.49. The van der Waals surface area contributed by atoms with E-state index in [2.05, 4.69) is 27.7 Å². The number of rotatable bonds is 6. The van der Waals surface area contributed by atoms with Gasteiger partial charge in [-0.05, 0) is 37.1 Å². The number of sulfone groups is 1. The smallest absolute Gasteiger partial charge is 0.241 e. The number of carbonyl (C=O) groups is 1. The third kappa shape index (κ3) is 6.54. The van der Waals surface area contributed by atoms with E-state index in [0.29, 0.717) is 32.5 Å². The molecule has 1 aromatic carbocycles. The van der Waals surface area contributed by atoms with Crippen LogP contribution < -0.4 is 10.6 Å². The van der Waals surface area contributed by atoms with Crippen LogP contribution in [0, 0.1) is 0 Å². The molecule has 2 N–H and O–H groups in total. The second kappa shape index (κ2) is 11.5. The SMILES string of the molecule is CS(=O)(=O)C1(C(=O)NCc2cccc(CN3CCOCC3)c2)CCNCC1.Cl.Cl. The predicted octanol–water partition coefficient (Wildman–Crippen LogP) is 1.15. The summed E-state index contributed by atoms with van der Waals surface area (Å²) in [5.41, 5.74) is 2.16. The number of hydrogen-bond acceptors (Lipinski definition) is 6. The molecule has 0 aliphatic carbocycles. The van der Waals surface area contributed by atoms with Crippen LogP contribution in [0.5, 0.6) is 0 Å². The number of amides is 1. The summed E-state index contributed by atoms with van der Waals surface area (Å²) >= 11 is 0. The predicted molar refractivity (Wildman–Crippen MR) is 119 cm³/mol. The van der Waals surface area contributed by atoms with Crippen molar-refractivity contribution in [3.05, 3.63) is 35.4 Å². The van der Waals surface area contributed by atoms with Crippen LogP contribution in [0.4, 0.5) is 0 Å². The van der Waals surface area contributed by atoms with Gasteiger partial charge in [-0.25, -0.2) is 8.42 Å². The van der Waals surface area contributed by atoms with Gasteiger partial charge in [0.15, 0.2) is 14.6 Å². The van der Waals surface area contributed by atoms with Crippen molar-refractivity contribution in [2.45, 2.75) is 30.7 Å². The first kappa shape index (κ1) is 26.1. The second-order valence-corrected chi connectivity index (χ2v) is 9.73. The molecule has 0 atom stereocenters. The lowest BCUT2D eigenvalue weighted by Crippen LogP contribution is -2.57. The molecule has 1 amide bonds. The molecular weight excluding hydrogens is 437 g/mol. The first-order valence-corrected chi connectivity index (χ1v) is 11.4. The first-order chi connectivity index (χ1) is 12.9. The Morgan fingerprint density at radius 3 is 2.41 bits per heavy atom. The highest BCUT2D eigenvalue weighted by atomic mass is 35.5. The summed E-state index contributed by atoms with van der Waals surface area (Å²) in [6, 6.07) is 8.09. The molecule has 10 heteroatoms. The van der Waals surface area contributed by atoms with Gasteiger partial charge in [0.2, 0.25) is 5.91 Å². The van der Waals surface area contributed by atoms with E-state index < -0.39 is 14.6 Å². The molecule has 2 fully saturated rings. The molecule has 0 spiro atoms. The fourth-order valence-corrected chi connectivity index (χ4v) is 5.15. The lowest BCUT2D eigenvalue weighted by Gasteiger charge is -2.34. The Labute approximate surface area is 185 Å². The van der Waals surface area contributed by atoms with Crippen LogP contribution >= 0.6 is 24.8 Å². The fraction of sp³-hybridized carbons (Fsp3) is 0.632. The van der Waals surface area contributed by atoms with Gasteiger partial charge < -0.3 is 15.4 Å². The summed E-state index contributed by atoms with van der Waals surface area (Å²) in [6.45, 7) is 5.63.